The summed E-state index contributed by atoms with van der Waals surface area (Å²) in [5, 5.41) is 12.7. The van der Waals surface area contributed by atoms with E-state index < -0.39 is 46.8 Å². The number of phenols is 1. The minimum absolute atomic E-state index is 0.0358. The molecule has 4 amide bonds. The van der Waals surface area contributed by atoms with Gasteiger partial charge < -0.3 is 9.84 Å². The molecule has 252 valence electrons. The second-order valence-electron chi connectivity index (χ2n) is 14.4. The Labute approximate surface area is 285 Å². The van der Waals surface area contributed by atoms with Crippen LogP contribution in [0.3, 0.4) is 0 Å². The lowest BCUT2D eigenvalue weighted by Gasteiger charge is -2.50. The van der Waals surface area contributed by atoms with Crippen LogP contribution >= 0.6 is 0 Å². The molecular formula is C40H41N3O6. The maximum absolute atomic E-state index is 15.2. The normalized spacial score (nSPS) is 29.8. The number of amides is 4. The molecule has 0 aromatic heterocycles. The van der Waals surface area contributed by atoms with Crippen molar-refractivity contribution in [2.45, 2.75) is 69.2 Å². The minimum atomic E-state index is -1.45. The number of allylic oxidation sites excluding steroid dienone is 2. The van der Waals surface area contributed by atoms with E-state index in [2.05, 4.69) is 5.43 Å². The van der Waals surface area contributed by atoms with Gasteiger partial charge in [-0.3, -0.25) is 29.5 Å². The highest BCUT2D eigenvalue weighted by Crippen LogP contribution is 2.65. The molecule has 4 fully saturated rings. The van der Waals surface area contributed by atoms with Gasteiger partial charge in [-0.15, -0.1) is 0 Å². The summed E-state index contributed by atoms with van der Waals surface area (Å²) in [4.78, 5) is 60.0. The van der Waals surface area contributed by atoms with E-state index in [9.17, 15) is 19.5 Å². The number of aromatic hydroxyl groups is 1. The summed E-state index contributed by atoms with van der Waals surface area (Å²) in [5.74, 6) is -3.98. The molecule has 8 rings (SSSR count). The monoisotopic (exact) mass is 659 g/mol. The van der Waals surface area contributed by atoms with Crippen molar-refractivity contribution in [2.24, 2.45) is 23.7 Å². The first kappa shape index (κ1) is 31.4. The summed E-state index contributed by atoms with van der Waals surface area (Å²) in [7, 11) is 1.54. The number of phenolic OH excluding ortho intramolecular Hbond substituents is 1. The molecule has 2 N–H and O–H groups in total. The molecule has 0 spiro atoms. The molecule has 2 heterocycles. The second kappa shape index (κ2) is 11.9. The highest BCUT2D eigenvalue weighted by molar-refractivity contribution is 6.13. The predicted molar refractivity (Wildman–Crippen MR) is 182 cm³/mol. The smallest absolute Gasteiger partial charge is 0.260 e. The van der Waals surface area contributed by atoms with E-state index in [1.54, 1.807) is 30.2 Å². The molecule has 3 aliphatic carbocycles. The van der Waals surface area contributed by atoms with Gasteiger partial charge in [0, 0.05) is 17.5 Å². The molecule has 3 aromatic carbocycles. The number of rotatable bonds is 6. The van der Waals surface area contributed by atoms with Gasteiger partial charge >= 0.3 is 0 Å². The van der Waals surface area contributed by atoms with Gasteiger partial charge in [0.1, 0.15) is 11.5 Å². The van der Waals surface area contributed by atoms with Crippen molar-refractivity contribution in [1.82, 2.24) is 9.91 Å². The van der Waals surface area contributed by atoms with E-state index in [4.69, 9.17) is 4.74 Å². The first-order chi connectivity index (χ1) is 23.7. The molecule has 49 heavy (non-hydrogen) atoms. The standard InChI is InChI=1S/C40H41N3O6/c1-23-13-15-25(16-14-23)41-43-37(46)32-22-30-28(18-19-29-34(30)38(47)42(36(29)45)26-11-7-4-8-12-26)35(31-21-27(49-2)17-20-33(31)44)40(32,39(43)48)24-9-5-3-6-10-24/h3,5-6,9-10,13-18,20-21,26,29-30,32,34-35,41,44H,4,7-8,11-12,19,22H2,1-2H3/t29-,30+,32-,34-,35+,40+/m0/s1. The lowest BCUT2D eigenvalue weighted by atomic mass is 9.49. The van der Waals surface area contributed by atoms with Crippen molar-refractivity contribution < 1.29 is 29.0 Å². The number of anilines is 1. The van der Waals surface area contributed by atoms with Gasteiger partial charge in [-0.05, 0) is 74.4 Å². The average Bonchev–Trinajstić information content (AvgIpc) is 3.51. The Morgan fingerprint density at radius 3 is 2.31 bits per heavy atom. The molecule has 0 unspecified atom stereocenters. The molecule has 2 aliphatic heterocycles. The Morgan fingerprint density at radius 2 is 1.59 bits per heavy atom. The molecule has 9 heteroatoms. The first-order valence-corrected chi connectivity index (χ1v) is 17.5. The fraction of sp³-hybridized carbons (Fsp3) is 0.400. The Kier molecular flexibility index (Phi) is 7.61. The van der Waals surface area contributed by atoms with Crippen molar-refractivity contribution in [2.75, 3.05) is 12.5 Å². The summed E-state index contributed by atoms with van der Waals surface area (Å²) in [6.07, 6.45) is 7.31. The van der Waals surface area contributed by atoms with Crippen LogP contribution in [0.4, 0.5) is 5.69 Å². The third-order valence-corrected chi connectivity index (χ3v) is 11.9. The topological polar surface area (TPSA) is 116 Å². The van der Waals surface area contributed by atoms with Crippen molar-refractivity contribution in [3.05, 3.63) is 101 Å². The van der Waals surface area contributed by atoms with Crippen LogP contribution in [-0.4, -0.2) is 51.8 Å². The molecule has 9 nitrogen and oxygen atoms in total. The number of carbonyl (C=O) groups excluding carboxylic acids is 4. The number of nitrogens with one attached hydrogen (secondary N) is 1. The van der Waals surface area contributed by atoms with Crippen molar-refractivity contribution in [3.63, 3.8) is 0 Å². The van der Waals surface area contributed by atoms with Crippen LogP contribution in [0.5, 0.6) is 11.5 Å². The lowest BCUT2D eigenvalue weighted by Crippen LogP contribution is -2.53. The Bertz CT molecular complexity index is 1870. The fourth-order valence-electron chi connectivity index (χ4n) is 9.71. The summed E-state index contributed by atoms with van der Waals surface area (Å²) in [5.41, 5.74) is 5.20. The maximum atomic E-state index is 15.2. The van der Waals surface area contributed by atoms with Gasteiger partial charge in [0.2, 0.25) is 11.8 Å². The second-order valence-corrected chi connectivity index (χ2v) is 14.4. The maximum Gasteiger partial charge on any atom is 0.260 e. The number of carbonyl (C=O) groups is 4. The number of hydrazine groups is 1. The predicted octanol–water partition coefficient (Wildman–Crippen LogP) is 6.03. The van der Waals surface area contributed by atoms with E-state index >= 15 is 4.79 Å². The average molecular weight is 660 g/mol. The first-order valence-electron chi connectivity index (χ1n) is 17.5. The van der Waals surface area contributed by atoms with E-state index in [0.717, 1.165) is 48.2 Å². The van der Waals surface area contributed by atoms with Gasteiger partial charge in [0.05, 0.1) is 36.0 Å². The molecule has 3 aromatic rings. The quantitative estimate of drug-likeness (QED) is 0.245. The van der Waals surface area contributed by atoms with Gasteiger partial charge in [0.25, 0.3) is 11.8 Å². The van der Waals surface area contributed by atoms with Crippen LogP contribution in [0.15, 0.2) is 84.4 Å². The number of nitrogens with zero attached hydrogens (tertiary/aromatic N) is 2. The SMILES string of the molecule is COc1ccc(O)c([C@H]2C3=CC[C@@H]4C(=O)N(C5CCCCC5)C(=O)[C@@H]4[C@@H]3C[C@H]3C(=O)N(Nc4ccc(C)cc4)C(=O)[C@@]23c2ccccc2)c1. The van der Waals surface area contributed by atoms with Gasteiger partial charge in [-0.2, -0.15) is 5.01 Å². The van der Waals surface area contributed by atoms with E-state index in [-0.39, 0.29) is 30.0 Å². The zero-order valence-electron chi connectivity index (χ0n) is 27.8. The number of benzene rings is 3. The number of fused-ring (bicyclic) bond motifs is 4. The fourth-order valence-corrected chi connectivity index (χ4v) is 9.71. The summed E-state index contributed by atoms with van der Waals surface area (Å²) >= 11 is 0. The van der Waals surface area contributed by atoms with Crippen molar-refractivity contribution in [3.8, 4) is 11.5 Å². The summed E-state index contributed by atoms with van der Waals surface area (Å²) < 4.78 is 5.62. The van der Waals surface area contributed by atoms with Crippen LogP contribution in [0.1, 0.15) is 67.6 Å². The largest absolute Gasteiger partial charge is 0.508 e. The molecule has 6 atom stereocenters. The molecule has 0 radical (unpaired) electrons. The van der Waals surface area contributed by atoms with Gasteiger partial charge in [0.15, 0.2) is 0 Å². The number of hydrogen-bond acceptors (Lipinski definition) is 7. The summed E-state index contributed by atoms with van der Waals surface area (Å²) in [6.45, 7) is 1.97. The van der Waals surface area contributed by atoms with Crippen LogP contribution in [0.2, 0.25) is 0 Å². The number of methoxy groups -OCH3 is 1. The highest BCUT2D eigenvalue weighted by atomic mass is 16.5. The van der Waals surface area contributed by atoms with Crippen molar-refractivity contribution >= 4 is 29.3 Å². The lowest BCUT2D eigenvalue weighted by molar-refractivity contribution is -0.144. The zero-order chi connectivity index (χ0) is 34.0. The number of likely N-dealkylation sites (tertiary alicyclic amines) is 1. The Hall–Kier alpha value is -4.92. The van der Waals surface area contributed by atoms with Crippen LogP contribution in [0, 0.1) is 30.6 Å². The molecule has 5 aliphatic rings. The number of imide groups is 2. The third kappa shape index (κ3) is 4.65. The third-order valence-electron chi connectivity index (χ3n) is 11.9. The molecular weight excluding hydrogens is 618 g/mol. The summed E-state index contributed by atoms with van der Waals surface area (Å²) in [6, 6.07) is 21.6. The van der Waals surface area contributed by atoms with Crippen molar-refractivity contribution in [1.29, 1.82) is 0 Å². The molecule has 0 bridgehead atoms. The number of aryl methyl sites for hydroxylation is 1. The van der Waals surface area contributed by atoms with E-state index in [1.807, 2.05) is 67.6 Å². The Balaban J connectivity index is 1.32. The van der Waals surface area contributed by atoms with Gasteiger partial charge in [-0.25, -0.2) is 0 Å². The number of ether oxygens (including phenoxy) is 1. The molecule has 2 saturated carbocycles. The van der Waals surface area contributed by atoms with E-state index in [0.29, 0.717) is 29.0 Å². The van der Waals surface area contributed by atoms with Crippen LogP contribution < -0.4 is 10.2 Å². The zero-order valence-corrected chi connectivity index (χ0v) is 27.8. The minimum Gasteiger partial charge on any atom is -0.508 e. The van der Waals surface area contributed by atoms with Crippen LogP contribution in [-0.2, 0) is 24.6 Å². The number of hydrogen-bond donors (Lipinski definition) is 2. The van der Waals surface area contributed by atoms with E-state index in [1.165, 1.54) is 0 Å². The van der Waals surface area contributed by atoms with Crippen LogP contribution in [0.25, 0.3) is 0 Å². The van der Waals surface area contributed by atoms with Gasteiger partial charge in [-0.1, -0.05) is 78.9 Å². The molecule has 2 saturated heterocycles. The highest BCUT2D eigenvalue weighted by Gasteiger charge is 2.70. The Morgan fingerprint density at radius 1 is 0.857 bits per heavy atom.